The zero-order chi connectivity index (χ0) is 96.3. The highest BCUT2D eigenvalue weighted by molar-refractivity contribution is 6.01. The van der Waals surface area contributed by atoms with Crippen molar-refractivity contribution in [3.05, 3.63) is 95.6 Å². The van der Waals surface area contributed by atoms with Crippen LogP contribution in [0.1, 0.15) is 206 Å². The topological polar surface area (TPSA) is 620 Å². The number of carbonyl (C=O) groups excluding carboxylic acids is 16. The second-order valence-corrected chi connectivity index (χ2v) is 34.2. The first-order valence-electron chi connectivity index (χ1n) is 44.1. The number of carboxylic acid groups (broad SMARTS) is 3. The van der Waals surface area contributed by atoms with E-state index < -0.39 is 280 Å². The fourth-order valence-corrected chi connectivity index (χ4v) is 15.0. The van der Waals surface area contributed by atoms with E-state index in [1.807, 2.05) is 0 Å². The number of likely N-dealkylation sites (tertiary alicyclic amines) is 1. The Labute approximate surface area is 750 Å². The second kappa shape index (κ2) is 56.8. The van der Waals surface area contributed by atoms with Crippen LogP contribution in [0.3, 0.4) is 0 Å². The van der Waals surface area contributed by atoms with E-state index in [-0.39, 0.29) is 105 Å². The SMILES string of the molecule is CC[C@H](C)[C@H](NC(=O)[C@H](CO)CC(=O)[C@H](Cc1ccc(O)cc1)NC(=O)[C@H](CC(=O)O)CC(=O)[C@H](CO)NC(=O)[C@@H](CC(=O)[C@H](Cc1ccccc1)NC(=O)[C@@H](CC(=O)CNC(=O)[C@H](CCC(=O)O)CC(=O)CCCC(=O)CCN1CCCC1=O)[C@@H](C)O)[C@@H](C)O)C(=O)C[C@@H](Cc1ccc(O)cc1)C(=O)N[C@@H](CC(C)C)C(=O)C[C@@H](CC(=O)O)C(=O)N[C@H](C)CCCCN. The largest absolute Gasteiger partial charge is 0.508 e. The van der Waals surface area contributed by atoms with Crippen LogP contribution in [0.2, 0.25) is 0 Å². The summed E-state index contributed by atoms with van der Waals surface area (Å²) in [4.78, 5) is 261. The molecule has 16 atom stereocenters. The van der Waals surface area contributed by atoms with E-state index in [0.29, 0.717) is 56.3 Å². The molecule has 1 fully saturated rings. The molecule has 8 amide bonds. The van der Waals surface area contributed by atoms with Gasteiger partial charge in [-0.05, 0) is 138 Å². The van der Waals surface area contributed by atoms with Crippen LogP contribution < -0.4 is 43.0 Å². The third kappa shape index (κ3) is 40.4. The minimum atomic E-state index is -1.99. The van der Waals surface area contributed by atoms with Crippen molar-refractivity contribution in [1.82, 2.24) is 42.1 Å². The number of rotatable bonds is 66. The van der Waals surface area contributed by atoms with Crippen LogP contribution >= 0.6 is 0 Å². The Morgan fingerprint density at radius 3 is 1.41 bits per heavy atom. The van der Waals surface area contributed by atoms with Crippen molar-refractivity contribution in [2.75, 3.05) is 39.4 Å². The summed E-state index contributed by atoms with van der Waals surface area (Å²) < 4.78 is 0. The van der Waals surface area contributed by atoms with Crippen molar-refractivity contribution in [2.24, 2.45) is 59.0 Å². The van der Waals surface area contributed by atoms with Crippen LogP contribution in [0, 0.1) is 53.3 Å². The molecule has 1 aliphatic rings. The molecule has 712 valence electrons. The number of aromatic hydroxyl groups is 2. The van der Waals surface area contributed by atoms with Gasteiger partial charge in [0, 0.05) is 108 Å². The highest BCUT2D eigenvalue weighted by atomic mass is 16.4. The Bertz CT molecular complexity index is 4290. The molecule has 37 nitrogen and oxygen atoms in total. The molecule has 1 aliphatic heterocycles. The fourth-order valence-electron chi connectivity index (χ4n) is 15.0. The molecule has 3 aromatic carbocycles. The number of nitrogens with one attached hydrogen (secondary N) is 7. The normalized spacial score (nSPS) is 15.7. The molecule has 1 heterocycles. The average Bonchev–Trinajstić information content (AvgIpc) is 1.79. The number of aliphatic hydroxyl groups is 4. The van der Waals surface area contributed by atoms with Crippen LogP contribution in [-0.2, 0) is 110 Å². The number of aliphatic hydroxyl groups excluding tert-OH is 4. The Morgan fingerprint density at radius 1 is 0.426 bits per heavy atom. The van der Waals surface area contributed by atoms with E-state index in [4.69, 9.17) is 5.73 Å². The number of carboxylic acids is 3. The third-order valence-electron chi connectivity index (χ3n) is 22.9. The van der Waals surface area contributed by atoms with E-state index in [0.717, 1.165) is 13.8 Å². The number of nitrogens with zero attached hydrogens (tertiary/aromatic N) is 1. The lowest BCUT2D eigenvalue weighted by atomic mass is 9.85. The third-order valence-corrected chi connectivity index (χ3v) is 22.9. The number of phenols is 2. The molecule has 0 aliphatic carbocycles. The van der Waals surface area contributed by atoms with Crippen LogP contribution in [0.25, 0.3) is 0 Å². The Kier molecular flexibility index (Phi) is 48.4. The number of Topliss-reactive ketones (excluding diaryl/α,β-unsaturated/α-hetero) is 8. The van der Waals surface area contributed by atoms with Crippen molar-refractivity contribution < 1.29 is 137 Å². The summed E-state index contributed by atoms with van der Waals surface area (Å²) in [5, 5.41) is 111. The molecule has 0 radical (unpaired) electrons. The van der Waals surface area contributed by atoms with Gasteiger partial charge in [-0.1, -0.05) is 95.1 Å². The van der Waals surface area contributed by atoms with Gasteiger partial charge in [0.25, 0.3) is 0 Å². The van der Waals surface area contributed by atoms with Gasteiger partial charge in [0.05, 0.1) is 98.6 Å². The van der Waals surface area contributed by atoms with Gasteiger partial charge in [0.15, 0.2) is 34.7 Å². The van der Waals surface area contributed by atoms with Gasteiger partial charge in [-0.15, -0.1) is 0 Å². The zero-order valence-corrected chi connectivity index (χ0v) is 74.5. The van der Waals surface area contributed by atoms with Crippen molar-refractivity contribution in [3.63, 3.8) is 0 Å². The monoisotopic (exact) mass is 1810 g/mol. The molecular formula is C92H131N9O28. The van der Waals surface area contributed by atoms with Gasteiger partial charge < -0.3 is 93.8 Å². The number of hydrogen-bond acceptors (Lipinski definition) is 26. The molecule has 0 unspecified atom stereocenters. The molecule has 0 aromatic heterocycles. The van der Waals surface area contributed by atoms with Gasteiger partial charge in [-0.25, -0.2) is 0 Å². The van der Waals surface area contributed by atoms with E-state index in [2.05, 4.69) is 37.2 Å². The van der Waals surface area contributed by atoms with Gasteiger partial charge in [-0.2, -0.15) is 0 Å². The second-order valence-electron chi connectivity index (χ2n) is 34.2. The summed E-state index contributed by atoms with van der Waals surface area (Å²) in [5.74, 6) is -29.5. The van der Waals surface area contributed by atoms with Crippen LogP contribution in [0.4, 0.5) is 0 Å². The van der Waals surface area contributed by atoms with Crippen molar-refractivity contribution >= 4 is 111 Å². The highest BCUT2D eigenvalue weighted by Gasteiger charge is 2.41. The summed E-state index contributed by atoms with van der Waals surface area (Å²) in [6.07, 6.45) is -8.78. The number of benzene rings is 3. The Hall–Kier alpha value is -11.4. The van der Waals surface area contributed by atoms with E-state index in [1.165, 1.54) is 48.5 Å². The molecule has 1 saturated heterocycles. The number of phenolic OH excluding ortho intramolecular Hbond substituents is 2. The van der Waals surface area contributed by atoms with E-state index in [9.17, 15) is 137 Å². The number of unbranched alkanes of at least 4 members (excludes halogenated alkanes) is 1. The lowest BCUT2D eigenvalue weighted by Gasteiger charge is -2.28. The standard InChI is InChI=1S/C92H131N9O28/c1-8-53(4)85(80(115)43-61(37-58-22-27-66(107)28-23-58)88(125)96-72(36-52(2)3)76(111)41-62(45-83(119)120)87(124)95-54(5)16-12-13-33-93)100-90(127)64(50-102)44-77(112)73(39-59-24-29-67(108)30-25-59)97-89(126)63(46-84(121)122)42-78(113)75(51-103)99-92(129)71(56(7)105)48-79(114)74(38-57-17-10-9-11-18-57)98-91(128)70(55(6)104)47-69(110)49-94-86(123)60(26-31-82(117)118)40-68(109)20-14-19-65(106)32-35-101-34-15-21-81(101)116/h9-11,17-18,22-25,27-30,52-56,60-64,70-75,85,102-105,107-108H,8,12-16,19-21,26,31-51,93H2,1-7H3,(H,94,123)(H,95,124)(H,96,125)(H,97,126)(H,98,128)(H,99,129)(H,100,127)(H,117,118)(H,119,120)(H,121,122)/t53-,54+,55+,56+,60+,61+,62-,63-,64-,70-,71-,72-,73-,74-,75-,85-/m0/s1. The minimum Gasteiger partial charge on any atom is -0.508 e. The zero-order valence-electron chi connectivity index (χ0n) is 74.5. The minimum absolute atomic E-state index is 0.0248. The molecule has 37 heteroatoms. The van der Waals surface area contributed by atoms with Gasteiger partial charge >= 0.3 is 17.9 Å². The van der Waals surface area contributed by atoms with E-state index in [1.54, 1.807) is 69.9 Å². The predicted octanol–water partition coefficient (Wildman–Crippen LogP) is 2.73. The molecule has 18 N–H and O–H groups in total. The van der Waals surface area contributed by atoms with Gasteiger partial charge in [-0.3, -0.25) is 91.1 Å². The molecule has 0 spiro atoms. The van der Waals surface area contributed by atoms with Crippen LogP contribution in [0.15, 0.2) is 78.9 Å². The lowest BCUT2D eigenvalue weighted by Crippen LogP contribution is -2.52. The summed E-state index contributed by atoms with van der Waals surface area (Å²) in [6.45, 7) is 9.01. The molecule has 129 heavy (non-hydrogen) atoms. The van der Waals surface area contributed by atoms with Gasteiger partial charge in [0.2, 0.25) is 47.3 Å². The molecule has 3 aromatic rings. The fraction of sp³-hybridized carbons (Fsp3) is 0.598. The number of aliphatic carboxylic acids is 3. The number of amides is 8. The lowest BCUT2D eigenvalue weighted by molar-refractivity contribution is -0.143. The quantitative estimate of drug-likeness (QED) is 0.0361. The first-order chi connectivity index (χ1) is 60.9. The van der Waals surface area contributed by atoms with Crippen molar-refractivity contribution in [2.45, 2.75) is 257 Å². The summed E-state index contributed by atoms with van der Waals surface area (Å²) in [6, 6.07) is 10.5. The smallest absolute Gasteiger partial charge is 0.304 e. The number of nitrogens with two attached hydrogens (primary N) is 1. The summed E-state index contributed by atoms with van der Waals surface area (Å²) in [5.41, 5.74) is 6.78. The molecule has 4 rings (SSSR count). The van der Waals surface area contributed by atoms with Crippen LogP contribution in [-0.4, -0.2) is 250 Å². The predicted molar refractivity (Wildman–Crippen MR) is 466 cm³/mol. The molecular weight excluding hydrogens is 1680 g/mol. The maximum Gasteiger partial charge on any atom is 0.304 e. The first kappa shape index (κ1) is 110. The highest BCUT2D eigenvalue weighted by Crippen LogP contribution is 2.27. The first-order valence-corrected chi connectivity index (χ1v) is 44.1. The van der Waals surface area contributed by atoms with Crippen molar-refractivity contribution in [3.8, 4) is 11.5 Å². The number of carbonyl (C=O) groups is 19. The maximum atomic E-state index is 14.8. The maximum absolute atomic E-state index is 14.8. The summed E-state index contributed by atoms with van der Waals surface area (Å²) >= 11 is 0. The number of ketones is 8. The Morgan fingerprint density at radius 2 is 0.899 bits per heavy atom. The van der Waals surface area contributed by atoms with E-state index >= 15 is 0 Å². The Balaban J connectivity index is 1.53. The number of hydrogen-bond donors (Lipinski definition) is 17. The summed E-state index contributed by atoms with van der Waals surface area (Å²) in [7, 11) is 0. The van der Waals surface area contributed by atoms with Crippen LogP contribution in [0.5, 0.6) is 11.5 Å². The van der Waals surface area contributed by atoms with Crippen molar-refractivity contribution in [1.29, 1.82) is 0 Å². The average molecular weight is 1810 g/mol. The molecule has 0 saturated carbocycles. The molecule has 0 bridgehead atoms. The van der Waals surface area contributed by atoms with Gasteiger partial charge in [0.1, 0.15) is 29.1 Å².